The topological polar surface area (TPSA) is 84.6 Å². The normalized spacial score (nSPS) is 14.7. The summed E-state index contributed by atoms with van der Waals surface area (Å²) in [6.07, 6.45) is 5.16. The number of carbonyl (C=O) groups excluding carboxylic acids is 1. The zero-order valence-electron chi connectivity index (χ0n) is 24.1. The molecule has 1 N–H and O–H groups in total. The van der Waals surface area contributed by atoms with Gasteiger partial charge in [-0.25, -0.2) is 14.2 Å². The van der Waals surface area contributed by atoms with Crippen molar-refractivity contribution in [3.05, 3.63) is 137 Å². The molecule has 1 unspecified atom stereocenters. The molecule has 1 aliphatic rings. The molecule has 0 spiro atoms. The van der Waals surface area contributed by atoms with E-state index < -0.39 is 5.92 Å². The molecular formula is C35H32FN5O3. The molecule has 4 heterocycles. The fourth-order valence-electron chi connectivity index (χ4n) is 6.34. The van der Waals surface area contributed by atoms with Gasteiger partial charge in [0.15, 0.2) is 11.4 Å². The lowest BCUT2D eigenvalue weighted by Gasteiger charge is -2.33. The molecule has 0 aliphatic carbocycles. The summed E-state index contributed by atoms with van der Waals surface area (Å²) in [5.41, 5.74) is 4.74. The van der Waals surface area contributed by atoms with Crippen LogP contribution in [0.2, 0.25) is 0 Å². The van der Waals surface area contributed by atoms with E-state index in [-0.39, 0.29) is 29.9 Å². The summed E-state index contributed by atoms with van der Waals surface area (Å²) in [5, 5.41) is 0. The first-order chi connectivity index (χ1) is 21.5. The average Bonchev–Trinajstić information content (AvgIpc) is 3.64. The van der Waals surface area contributed by atoms with Gasteiger partial charge in [0.25, 0.3) is 0 Å². The molecule has 0 bridgehead atoms. The molecule has 222 valence electrons. The fourth-order valence-corrected chi connectivity index (χ4v) is 6.34. The standard InChI is InChI=1S/C35H32FN5O3/c36-26-11-6-10-25(20-26)28(31-22-37-34-32(14-7-17-40(31)34)44-23-24-8-2-1-3-9-24)21-33(42)39-18-15-27(16-19-39)41-30-13-5-4-12-29(30)38-35(41)43/h1-14,17,20,22,27-28H,15-16,18-19,21,23H2,(H,38,43). The van der Waals surface area contributed by atoms with E-state index in [1.807, 2.05) is 92.9 Å². The maximum atomic E-state index is 14.5. The summed E-state index contributed by atoms with van der Waals surface area (Å²) in [7, 11) is 0. The van der Waals surface area contributed by atoms with Crippen LogP contribution in [0, 0.1) is 5.82 Å². The molecule has 6 aromatic rings. The average molecular weight is 590 g/mol. The van der Waals surface area contributed by atoms with E-state index in [1.54, 1.807) is 12.3 Å². The highest BCUT2D eigenvalue weighted by atomic mass is 19.1. The molecule has 3 aromatic heterocycles. The first-order valence-corrected chi connectivity index (χ1v) is 14.9. The first-order valence-electron chi connectivity index (χ1n) is 14.9. The molecule has 3 aromatic carbocycles. The molecule has 0 radical (unpaired) electrons. The van der Waals surface area contributed by atoms with Crippen molar-refractivity contribution in [2.45, 2.75) is 37.8 Å². The van der Waals surface area contributed by atoms with Crippen LogP contribution in [0.25, 0.3) is 16.7 Å². The van der Waals surface area contributed by atoms with Crippen LogP contribution in [-0.2, 0) is 11.4 Å². The van der Waals surface area contributed by atoms with E-state index in [2.05, 4.69) is 9.97 Å². The van der Waals surface area contributed by atoms with Crippen molar-refractivity contribution in [2.75, 3.05) is 13.1 Å². The Morgan fingerprint density at radius 3 is 2.59 bits per heavy atom. The van der Waals surface area contributed by atoms with Crippen LogP contribution in [0.3, 0.4) is 0 Å². The van der Waals surface area contributed by atoms with Crippen LogP contribution >= 0.6 is 0 Å². The van der Waals surface area contributed by atoms with Crippen molar-refractivity contribution in [2.24, 2.45) is 0 Å². The number of nitrogens with zero attached hydrogens (tertiary/aromatic N) is 4. The number of piperidine rings is 1. The smallest absolute Gasteiger partial charge is 0.326 e. The van der Waals surface area contributed by atoms with Crippen molar-refractivity contribution in [1.29, 1.82) is 0 Å². The SMILES string of the molecule is O=C(CC(c1cccc(F)c1)c1cnc2c(OCc3ccccc3)cccn12)N1CCC(n2c(=O)[nH]c3ccccc32)CC1. The van der Waals surface area contributed by atoms with Gasteiger partial charge < -0.3 is 19.0 Å². The number of benzene rings is 3. The lowest BCUT2D eigenvalue weighted by Crippen LogP contribution is -2.41. The van der Waals surface area contributed by atoms with Gasteiger partial charge >= 0.3 is 5.69 Å². The first kappa shape index (κ1) is 27.6. The summed E-state index contributed by atoms with van der Waals surface area (Å²) >= 11 is 0. The largest absolute Gasteiger partial charge is 0.485 e. The van der Waals surface area contributed by atoms with Crippen LogP contribution in [0.15, 0.2) is 108 Å². The van der Waals surface area contributed by atoms with Gasteiger partial charge in [-0.15, -0.1) is 0 Å². The van der Waals surface area contributed by atoms with E-state index in [1.165, 1.54) is 12.1 Å². The van der Waals surface area contributed by atoms with Crippen molar-refractivity contribution in [1.82, 2.24) is 23.8 Å². The molecular weight excluding hydrogens is 557 g/mol. The second kappa shape index (κ2) is 11.8. The second-order valence-corrected chi connectivity index (χ2v) is 11.3. The lowest BCUT2D eigenvalue weighted by molar-refractivity contribution is -0.132. The van der Waals surface area contributed by atoms with Gasteiger partial charge in [0.2, 0.25) is 5.91 Å². The summed E-state index contributed by atoms with van der Waals surface area (Å²) in [6, 6.07) is 27.8. The second-order valence-electron chi connectivity index (χ2n) is 11.3. The fraction of sp³-hybridized carbons (Fsp3) is 0.229. The van der Waals surface area contributed by atoms with Crippen molar-refractivity contribution in [3.63, 3.8) is 0 Å². The number of halogens is 1. The van der Waals surface area contributed by atoms with Crippen LogP contribution in [0.4, 0.5) is 4.39 Å². The minimum atomic E-state index is -0.425. The van der Waals surface area contributed by atoms with Gasteiger partial charge in [-0.05, 0) is 60.4 Å². The summed E-state index contributed by atoms with van der Waals surface area (Å²) in [5.74, 6) is -0.172. The predicted molar refractivity (Wildman–Crippen MR) is 166 cm³/mol. The highest BCUT2D eigenvalue weighted by Gasteiger charge is 2.30. The molecule has 1 amide bonds. The Morgan fingerprint density at radius 1 is 0.977 bits per heavy atom. The third kappa shape index (κ3) is 5.37. The van der Waals surface area contributed by atoms with Crippen LogP contribution in [0.5, 0.6) is 5.75 Å². The third-order valence-corrected chi connectivity index (χ3v) is 8.56. The number of hydrogen-bond acceptors (Lipinski definition) is 4. The Labute approximate surface area is 253 Å². The highest BCUT2D eigenvalue weighted by molar-refractivity contribution is 5.78. The Bertz CT molecular complexity index is 1990. The Morgan fingerprint density at radius 2 is 1.77 bits per heavy atom. The number of imidazole rings is 2. The van der Waals surface area contributed by atoms with E-state index in [9.17, 15) is 14.0 Å². The minimum absolute atomic E-state index is 0.00907. The van der Waals surface area contributed by atoms with E-state index >= 15 is 0 Å². The Kier molecular flexibility index (Phi) is 7.43. The third-order valence-electron chi connectivity index (χ3n) is 8.56. The van der Waals surface area contributed by atoms with Crippen LogP contribution < -0.4 is 10.4 Å². The van der Waals surface area contributed by atoms with Gasteiger partial charge in [0, 0.05) is 43.9 Å². The number of fused-ring (bicyclic) bond motifs is 2. The number of rotatable bonds is 8. The van der Waals surface area contributed by atoms with Crippen LogP contribution in [-0.4, -0.2) is 42.8 Å². The summed E-state index contributed by atoms with van der Waals surface area (Å²) in [4.78, 5) is 36.0. The number of aromatic nitrogens is 4. The summed E-state index contributed by atoms with van der Waals surface area (Å²) in [6.45, 7) is 1.47. The lowest BCUT2D eigenvalue weighted by atomic mass is 9.91. The number of para-hydroxylation sites is 2. The number of H-pyrrole nitrogens is 1. The molecule has 1 aliphatic heterocycles. The molecule has 1 saturated heterocycles. The number of nitrogens with one attached hydrogen (secondary N) is 1. The van der Waals surface area contributed by atoms with Crippen LogP contribution in [0.1, 0.15) is 48.0 Å². The molecule has 7 rings (SSSR count). The monoisotopic (exact) mass is 589 g/mol. The predicted octanol–water partition coefficient (Wildman–Crippen LogP) is 6.08. The quantitative estimate of drug-likeness (QED) is 0.233. The maximum absolute atomic E-state index is 14.5. The highest BCUT2D eigenvalue weighted by Crippen LogP contribution is 2.33. The van der Waals surface area contributed by atoms with Gasteiger partial charge in [-0.1, -0.05) is 54.6 Å². The number of ether oxygens (including phenoxy) is 1. The van der Waals surface area contributed by atoms with Gasteiger partial charge in [0.1, 0.15) is 12.4 Å². The number of pyridine rings is 1. The van der Waals surface area contributed by atoms with Gasteiger partial charge in [0.05, 0.1) is 16.7 Å². The maximum Gasteiger partial charge on any atom is 0.326 e. The Hall–Kier alpha value is -5.18. The number of carbonyl (C=O) groups is 1. The molecule has 0 saturated carbocycles. The molecule has 1 atom stereocenters. The number of hydrogen-bond donors (Lipinski definition) is 1. The van der Waals surface area contributed by atoms with Crippen molar-refractivity contribution >= 4 is 22.6 Å². The molecule has 44 heavy (non-hydrogen) atoms. The number of amides is 1. The molecule has 8 nitrogen and oxygen atoms in total. The van der Waals surface area contributed by atoms with E-state index in [4.69, 9.17) is 4.74 Å². The zero-order chi connectivity index (χ0) is 30.0. The van der Waals surface area contributed by atoms with E-state index in [0.29, 0.717) is 49.5 Å². The van der Waals surface area contributed by atoms with E-state index in [0.717, 1.165) is 22.3 Å². The Balaban J connectivity index is 1.12. The van der Waals surface area contributed by atoms with Crippen molar-refractivity contribution < 1.29 is 13.9 Å². The molecule has 9 heteroatoms. The molecule has 1 fully saturated rings. The number of likely N-dealkylation sites (tertiary alicyclic amines) is 1. The number of aromatic amines is 1. The zero-order valence-corrected chi connectivity index (χ0v) is 24.1. The van der Waals surface area contributed by atoms with Gasteiger partial charge in [-0.3, -0.25) is 9.36 Å². The van der Waals surface area contributed by atoms with Crippen molar-refractivity contribution in [3.8, 4) is 5.75 Å². The van der Waals surface area contributed by atoms with Gasteiger partial charge in [-0.2, -0.15) is 0 Å². The minimum Gasteiger partial charge on any atom is -0.485 e. The summed E-state index contributed by atoms with van der Waals surface area (Å²) < 4.78 is 24.3.